The van der Waals surface area contributed by atoms with Crippen LogP contribution in [0.3, 0.4) is 0 Å². The van der Waals surface area contributed by atoms with Crippen LogP contribution in [0.2, 0.25) is 0 Å². The first kappa shape index (κ1) is 20.6. The number of hydrogen-bond acceptors (Lipinski definition) is 4. The number of benzene rings is 1. The molecule has 1 aromatic rings. The third-order valence-electron chi connectivity index (χ3n) is 3.73. The molecule has 1 aromatic carbocycles. The largest absolute Gasteiger partial charge is 0.383 e. The smallest absolute Gasteiger partial charge is 0.243 e. The second-order valence-corrected chi connectivity index (χ2v) is 7.60. The molecule has 24 heavy (non-hydrogen) atoms. The van der Waals surface area contributed by atoms with E-state index >= 15 is 0 Å². The Labute approximate surface area is 145 Å². The molecule has 136 valence electrons. The zero-order valence-corrected chi connectivity index (χ0v) is 15.7. The van der Waals surface area contributed by atoms with Gasteiger partial charge in [0.2, 0.25) is 15.9 Å². The maximum Gasteiger partial charge on any atom is 0.243 e. The summed E-state index contributed by atoms with van der Waals surface area (Å²) in [6.45, 7) is 6.88. The molecule has 0 radical (unpaired) electrons. The molecular weight excluding hydrogens is 328 g/mol. The van der Waals surface area contributed by atoms with Crippen molar-refractivity contribution in [3.63, 3.8) is 0 Å². The minimum atomic E-state index is -3.43. The van der Waals surface area contributed by atoms with Gasteiger partial charge in [0.15, 0.2) is 0 Å². The van der Waals surface area contributed by atoms with Gasteiger partial charge in [-0.15, -0.1) is 0 Å². The van der Waals surface area contributed by atoms with Gasteiger partial charge in [0.05, 0.1) is 11.5 Å². The zero-order valence-electron chi connectivity index (χ0n) is 14.9. The lowest BCUT2D eigenvalue weighted by Crippen LogP contribution is -2.35. The van der Waals surface area contributed by atoms with Crippen molar-refractivity contribution in [2.45, 2.75) is 44.6 Å². The van der Waals surface area contributed by atoms with Crippen LogP contribution in [-0.4, -0.2) is 51.5 Å². The first-order valence-corrected chi connectivity index (χ1v) is 9.66. The van der Waals surface area contributed by atoms with Gasteiger partial charge in [0.25, 0.3) is 0 Å². The molecule has 0 heterocycles. The van der Waals surface area contributed by atoms with Crippen LogP contribution in [0, 0.1) is 0 Å². The SMILES string of the molecule is CCN(CC)S(=O)(=O)c1ccc(CCC(=O)NC(C)COC)cc1. The summed E-state index contributed by atoms with van der Waals surface area (Å²) in [4.78, 5) is 12.1. The first-order valence-electron chi connectivity index (χ1n) is 8.22. The molecule has 0 saturated heterocycles. The van der Waals surface area contributed by atoms with Crippen LogP contribution < -0.4 is 5.32 Å². The van der Waals surface area contributed by atoms with E-state index in [-0.39, 0.29) is 16.8 Å². The first-order chi connectivity index (χ1) is 11.3. The molecule has 6 nitrogen and oxygen atoms in total. The standard InChI is InChI=1S/C17H28N2O4S/c1-5-19(6-2)24(21,22)16-10-7-15(8-11-16)9-12-17(20)18-14(3)13-23-4/h7-8,10-11,14H,5-6,9,12-13H2,1-4H3,(H,18,20). The molecule has 1 unspecified atom stereocenters. The molecule has 0 aromatic heterocycles. The van der Waals surface area contributed by atoms with Crippen LogP contribution in [0.4, 0.5) is 0 Å². The Bertz CT molecular complexity index is 610. The summed E-state index contributed by atoms with van der Waals surface area (Å²) in [5.41, 5.74) is 0.933. The number of rotatable bonds is 10. The van der Waals surface area contributed by atoms with Crippen LogP contribution in [-0.2, 0) is 26.0 Å². The maximum absolute atomic E-state index is 12.4. The van der Waals surface area contributed by atoms with Crippen molar-refractivity contribution in [3.8, 4) is 0 Å². The fourth-order valence-electron chi connectivity index (χ4n) is 2.44. The predicted molar refractivity (Wildman–Crippen MR) is 94.4 cm³/mol. The van der Waals surface area contributed by atoms with Crippen molar-refractivity contribution in [2.24, 2.45) is 0 Å². The number of aryl methyl sites for hydroxylation is 1. The van der Waals surface area contributed by atoms with E-state index < -0.39 is 10.0 Å². The van der Waals surface area contributed by atoms with Gasteiger partial charge in [0, 0.05) is 32.7 Å². The van der Waals surface area contributed by atoms with E-state index in [4.69, 9.17) is 4.74 Å². The Morgan fingerprint density at radius 3 is 2.29 bits per heavy atom. The molecule has 1 rings (SSSR count). The highest BCUT2D eigenvalue weighted by molar-refractivity contribution is 7.89. The van der Waals surface area contributed by atoms with Gasteiger partial charge in [-0.05, 0) is 31.0 Å². The van der Waals surface area contributed by atoms with Crippen molar-refractivity contribution >= 4 is 15.9 Å². The Hall–Kier alpha value is -1.44. The average molecular weight is 356 g/mol. The van der Waals surface area contributed by atoms with Gasteiger partial charge in [0.1, 0.15) is 0 Å². The van der Waals surface area contributed by atoms with Gasteiger partial charge in [-0.3, -0.25) is 4.79 Å². The Morgan fingerprint density at radius 1 is 1.21 bits per heavy atom. The molecule has 0 aliphatic rings. The number of amides is 1. The van der Waals surface area contributed by atoms with Gasteiger partial charge in [-0.1, -0.05) is 26.0 Å². The number of nitrogens with one attached hydrogen (secondary N) is 1. The number of nitrogens with zero attached hydrogens (tertiary/aromatic N) is 1. The molecule has 1 N–H and O–H groups in total. The number of sulfonamides is 1. The third-order valence-corrected chi connectivity index (χ3v) is 5.80. The highest BCUT2D eigenvalue weighted by Crippen LogP contribution is 2.16. The molecule has 1 atom stereocenters. The second kappa shape index (κ2) is 9.76. The highest BCUT2D eigenvalue weighted by atomic mass is 32.2. The summed E-state index contributed by atoms with van der Waals surface area (Å²) in [5.74, 6) is -0.0422. The highest BCUT2D eigenvalue weighted by Gasteiger charge is 2.21. The van der Waals surface area contributed by atoms with E-state index in [1.54, 1.807) is 31.4 Å². The molecule has 0 aliphatic carbocycles. The molecule has 1 amide bonds. The monoisotopic (exact) mass is 356 g/mol. The number of carbonyl (C=O) groups is 1. The van der Waals surface area contributed by atoms with Gasteiger partial charge >= 0.3 is 0 Å². The lowest BCUT2D eigenvalue weighted by Gasteiger charge is -2.18. The van der Waals surface area contributed by atoms with E-state index in [9.17, 15) is 13.2 Å². The summed E-state index contributed by atoms with van der Waals surface area (Å²) >= 11 is 0. The van der Waals surface area contributed by atoms with E-state index in [0.29, 0.717) is 32.5 Å². The van der Waals surface area contributed by atoms with Crippen LogP contribution in [0.1, 0.15) is 32.8 Å². The van der Waals surface area contributed by atoms with Crippen molar-refractivity contribution in [3.05, 3.63) is 29.8 Å². The number of carbonyl (C=O) groups excluding carboxylic acids is 1. The van der Waals surface area contributed by atoms with Crippen LogP contribution in [0.5, 0.6) is 0 Å². The van der Waals surface area contributed by atoms with E-state index in [1.165, 1.54) is 4.31 Å². The maximum atomic E-state index is 12.4. The fourth-order valence-corrected chi connectivity index (χ4v) is 3.90. The number of ether oxygens (including phenoxy) is 1. The molecule has 0 fully saturated rings. The van der Waals surface area contributed by atoms with E-state index in [2.05, 4.69) is 5.32 Å². The van der Waals surface area contributed by atoms with Crippen molar-refractivity contribution in [2.75, 3.05) is 26.8 Å². The normalized spacial score (nSPS) is 13.0. The summed E-state index contributed by atoms with van der Waals surface area (Å²) < 4.78 is 31.2. The molecule has 0 aliphatic heterocycles. The van der Waals surface area contributed by atoms with E-state index in [0.717, 1.165) is 5.56 Å². The fraction of sp³-hybridized carbons (Fsp3) is 0.588. The Kier molecular flexibility index (Phi) is 8.38. The van der Waals surface area contributed by atoms with Gasteiger partial charge in [-0.2, -0.15) is 4.31 Å². The van der Waals surface area contributed by atoms with Crippen LogP contribution in [0.25, 0.3) is 0 Å². The Balaban J connectivity index is 2.64. The second-order valence-electron chi connectivity index (χ2n) is 5.66. The van der Waals surface area contributed by atoms with Crippen molar-refractivity contribution in [1.82, 2.24) is 9.62 Å². The summed E-state index contributed by atoms with van der Waals surface area (Å²) in [5, 5.41) is 2.85. The van der Waals surface area contributed by atoms with Crippen molar-refractivity contribution < 1.29 is 17.9 Å². The minimum Gasteiger partial charge on any atom is -0.383 e. The lowest BCUT2D eigenvalue weighted by molar-refractivity contribution is -0.122. The summed E-state index contributed by atoms with van der Waals surface area (Å²) in [6.07, 6.45) is 0.924. The molecule has 0 saturated carbocycles. The van der Waals surface area contributed by atoms with E-state index in [1.807, 2.05) is 20.8 Å². The van der Waals surface area contributed by atoms with Gasteiger partial charge in [-0.25, -0.2) is 8.42 Å². The summed E-state index contributed by atoms with van der Waals surface area (Å²) in [7, 11) is -1.84. The number of hydrogen-bond donors (Lipinski definition) is 1. The van der Waals surface area contributed by atoms with Crippen molar-refractivity contribution in [1.29, 1.82) is 0 Å². The van der Waals surface area contributed by atoms with Gasteiger partial charge < -0.3 is 10.1 Å². The Morgan fingerprint density at radius 2 is 1.79 bits per heavy atom. The molecule has 7 heteroatoms. The predicted octanol–water partition coefficient (Wildman–Crippen LogP) is 1.80. The average Bonchev–Trinajstić information content (AvgIpc) is 2.54. The lowest BCUT2D eigenvalue weighted by atomic mass is 10.1. The quantitative estimate of drug-likeness (QED) is 0.694. The molecular formula is C17H28N2O4S. The molecule has 0 spiro atoms. The number of methoxy groups -OCH3 is 1. The minimum absolute atomic E-state index is 0.0240. The van der Waals surface area contributed by atoms with Crippen LogP contribution in [0.15, 0.2) is 29.2 Å². The summed E-state index contributed by atoms with van der Waals surface area (Å²) in [6, 6.07) is 6.72. The zero-order chi connectivity index (χ0) is 18.2. The molecule has 0 bridgehead atoms. The van der Waals surface area contributed by atoms with Crippen LogP contribution >= 0.6 is 0 Å². The third kappa shape index (κ3) is 5.89. The topological polar surface area (TPSA) is 75.7 Å².